The average molecular weight is 270 g/mol. The smallest absolute Gasteiger partial charge is 0.325 e. The molecule has 0 heterocycles. The standard InChI is InChI=1S/C11H11FN2O5/c1-2-19-10(15)6-13-11(16)7-3-4-9(14(17)18)8(12)5-7/h3-5H,2,6H2,1H3,(H,13,16). The second kappa shape index (κ2) is 6.43. The molecule has 1 rings (SSSR count). The van der Waals surface area contributed by atoms with E-state index in [0.717, 1.165) is 18.2 Å². The molecule has 0 atom stereocenters. The molecule has 0 aliphatic rings. The average Bonchev–Trinajstić information content (AvgIpc) is 2.35. The fraction of sp³-hybridized carbons (Fsp3) is 0.273. The molecule has 1 aromatic carbocycles. The second-order valence-corrected chi connectivity index (χ2v) is 3.41. The van der Waals surface area contributed by atoms with Gasteiger partial charge < -0.3 is 10.1 Å². The van der Waals surface area contributed by atoms with Crippen LogP contribution in [0, 0.1) is 15.9 Å². The minimum atomic E-state index is -1.12. The van der Waals surface area contributed by atoms with Crippen LogP contribution >= 0.6 is 0 Å². The molecule has 0 unspecified atom stereocenters. The van der Waals surface area contributed by atoms with Crippen molar-refractivity contribution in [3.63, 3.8) is 0 Å². The molecule has 8 heteroatoms. The van der Waals surface area contributed by atoms with E-state index in [1.807, 2.05) is 0 Å². The number of ether oxygens (including phenoxy) is 1. The van der Waals surface area contributed by atoms with E-state index < -0.39 is 28.3 Å². The first-order chi connectivity index (χ1) is 8.95. The van der Waals surface area contributed by atoms with Crippen molar-refractivity contribution < 1.29 is 23.6 Å². The van der Waals surface area contributed by atoms with Gasteiger partial charge in [-0.15, -0.1) is 0 Å². The van der Waals surface area contributed by atoms with E-state index in [2.05, 4.69) is 10.1 Å². The summed E-state index contributed by atoms with van der Waals surface area (Å²) in [4.78, 5) is 32.0. The molecular formula is C11H11FN2O5. The van der Waals surface area contributed by atoms with Crippen LogP contribution in [0.1, 0.15) is 17.3 Å². The van der Waals surface area contributed by atoms with Gasteiger partial charge in [0.1, 0.15) is 6.54 Å². The van der Waals surface area contributed by atoms with Crippen LogP contribution in [0.15, 0.2) is 18.2 Å². The van der Waals surface area contributed by atoms with Gasteiger partial charge in [-0.05, 0) is 19.1 Å². The van der Waals surface area contributed by atoms with Crippen molar-refractivity contribution in [3.05, 3.63) is 39.7 Å². The summed E-state index contributed by atoms with van der Waals surface area (Å²) in [7, 11) is 0. The zero-order valence-corrected chi connectivity index (χ0v) is 10.0. The number of carbonyl (C=O) groups is 2. The van der Waals surface area contributed by atoms with E-state index in [9.17, 15) is 24.1 Å². The van der Waals surface area contributed by atoms with Gasteiger partial charge >= 0.3 is 11.7 Å². The predicted octanol–water partition coefficient (Wildman–Crippen LogP) is 1.03. The third-order valence-electron chi connectivity index (χ3n) is 2.11. The summed E-state index contributed by atoms with van der Waals surface area (Å²) >= 11 is 0. The van der Waals surface area contributed by atoms with Crippen LogP contribution < -0.4 is 5.32 Å². The minimum Gasteiger partial charge on any atom is -0.465 e. The molecule has 0 aromatic heterocycles. The summed E-state index contributed by atoms with van der Waals surface area (Å²) in [5.41, 5.74) is -0.839. The maximum atomic E-state index is 13.3. The first kappa shape index (κ1) is 14.6. The molecule has 7 nitrogen and oxygen atoms in total. The largest absolute Gasteiger partial charge is 0.465 e. The van der Waals surface area contributed by atoms with Gasteiger partial charge in [0, 0.05) is 11.6 Å². The van der Waals surface area contributed by atoms with Crippen LogP contribution in [-0.2, 0) is 9.53 Å². The van der Waals surface area contributed by atoms with Crippen molar-refractivity contribution in [3.8, 4) is 0 Å². The minimum absolute atomic E-state index is 0.118. The van der Waals surface area contributed by atoms with E-state index in [1.54, 1.807) is 6.92 Å². The van der Waals surface area contributed by atoms with Gasteiger partial charge in [0.25, 0.3) is 5.91 Å². The molecule has 0 spiro atoms. The van der Waals surface area contributed by atoms with Gasteiger partial charge in [0.15, 0.2) is 0 Å². The van der Waals surface area contributed by atoms with Crippen molar-refractivity contribution in [2.75, 3.05) is 13.2 Å². The number of nitro benzene ring substituents is 1. The highest BCUT2D eigenvalue weighted by Gasteiger charge is 2.17. The van der Waals surface area contributed by atoms with Crippen molar-refractivity contribution in [1.29, 1.82) is 0 Å². The van der Waals surface area contributed by atoms with Crippen LogP contribution in [0.3, 0.4) is 0 Å². The van der Waals surface area contributed by atoms with Crippen LogP contribution in [0.4, 0.5) is 10.1 Å². The number of nitro groups is 1. The van der Waals surface area contributed by atoms with E-state index >= 15 is 0 Å². The number of amides is 1. The summed E-state index contributed by atoms with van der Waals surface area (Å²) in [6.45, 7) is 1.44. The zero-order valence-electron chi connectivity index (χ0n) is 10.0. The van der Waals surface area contributed by atoms with E-state index in [-0.39, 0.29) is 18.7 Å². The lowest BCUT2D eigenvalue weighted by Crippen LogP contribution is -2.30. The number of esters is 1. The number of benzene rings is 1. The zero-order chi connectivity index (χ0) is 14.4. The Hall–Kier alpha value is -2.51. The van der Waals surface area contributed by atoms with Gasteiger partial charge in [0.2, 0.25) is 5.82 Å². The van der Waals surface area contributed by atoms with Crippen LogP contribution in [0.5, 0.6) is 0 Å². The quantitative estimate of drug-likeness (QED) is 0.489. The monoisotopic (exact) mass is 270 g/mol. The number of nitrogens with zero attached hydrogens (tertiary/aromatic N) is 1. The maximum Gasteiger partial charge on any atom is 0.325 e. The van der Waals surface area contributed by atoms with Crippen molar-refractivity contribution in [1.82, 2.24) is 5.32 Å². The Balaban J connectivity index is 2.70. The van der Waals surface area contributed by atoms with Crippen LogP contribution in [0.2, 0.25) is 0 Å². The number of carbonyl (C=O) groups excluding carboxylic acids is 2. The summed E-state index contributed by atoms with van der Waals surface area (Å²) in [6.07, 6.45) is 0. The molecule has 0 aliphatic carbocycles. The second-order valence-electron chi connectivity index (χ2n) is 3.41. The number of halogens is 1. The van der Waals surface area contributed by atoms with Crippen molar-refractivity contribution in [2.24, 2.45) is 0 Å². The molecule has 0 fully saturated rings. The molecular weight excluding hydrogens is 259 g/mol. The van der Waals surface area contributed by atoms with Gasteiger partial charge in [0.05, 0.1) is 11.5 Å². The lowest BCUT2D eigenvalue weighted by molar-refractivity contribution is -0.387. The van der Waals surface area contributed by atoms with Gasteiger partial charge in [-0.3, -0.25) is 19.7 Å². The number of nitrogens with one attached hydrogen (secondary N) is 1. The molecule has 102 valence electrons. The van der Waals surface area contributed by atoms with Crippen LogP contribution in [0.25, 0.3) is 0 Å². The predicted molar refractivity (Wildman–Crippen MR) is 62.0 cm³/mol. The highest BCUT2D eigenvalue weighted by atomic mass is 19.1. The van der Waals surface area contributed by atoms with E-state index in [0.29, 0.717) is 0 Å². The topological polar surface area (TPSA) is 98.5 Å². The Morgan fingerprint density at radius 2 is 2.16 bits per heavy atom. The molecule has 0 aliphatic heterocycles. The molecule has 1 aromatic rings. The Morgan fingerprint density at radius 1 is 1.47 bits per heavy atom. The number of hydrogen-bond donors (Lipinski definition) is 1. The molecule has 19 heavy (non-hydrogen) atoms. The number of rotatable bonds is 5. The normalized spacial score (nSPS) is 9.79. The molecule has 0 radical (unpaired) electrons. The van der Waals surface area contributed by atoms with Crippen LogP contribution in [-0.4, -0.2) is 30.0 Å². The Bertz CT molecular complexity index is 518. The summed E-state index contributed by atoms with van der Waals surface area (Å²) < 4.78 is 17.9. The highest BCUT2D eigenvalue weighted by Crippen LogP contribution is 2.17. The molecule has 0 saturated heterocycles. The third kappa shape index (κ3) is 4.02. The molecule has 0 saturated carbocycles. The van der Waals surface area contributed by atoms with E-state index in [1.165, 1.54) is 0 Å². The lowest BCUT2D eigenvalue weighted by Gasteiger charge is -2.05. The fourth-order valence-corrected chi connectivity index (χ4v) is 1.26. The van der Waals surface area contributed by atoms with Gasteiger partial charge in [-0.25, -0.2) is 0 Å². The molecule has 0 bridgehead atoms. The first-order valence-electron chi connectivity index (χ1n) is 5.33. The maximum absolute atomic E-state index is 13.3. The third-order valence-corrected chi connectivity index (χ3v) is 2.11. The SMILES string of the molecule is CCOC(=O)CNC(=O)c1ccc([N+](=O)[O-])c(F)c1. The lowest BCUT2D eigenvalue weighted by atomic mass is 10.2. The Labute approximate surface area is 107 Å². The number of hydrogen-bond acceptors (Lipinski definition) is 5. The molecule has 1 amide bonds. The van der Waals surface area contributed by atoms with E-state index in [4.69, 9.17) is 0 Å². The summed E-state index contributed by atoms with van der Waals surface area (Å²) in [5, 5.41) is 12.6. The summed E-state index contributed by atoms with van der Waals surface area (Å²) in [5.74, 6) is -2.46. The van der Waals surface area contributed by atoms with Gasteiger partial charge in [-0.2, -0.15) is 4.39 Å². The van der Waals surface area contributed by atoms with Crippen molar-refractivity contribution >= 4 is 17.6 Å². The fourth-order valence-electron chi connectivity index (χ4n) is 1.26. The van der Waals surface area contributed by atoms with Gasteiger partial charge in [-0.1, -0.05) is 0 Å². The first-order valence-corrected chi connectivity index (χ1v) is 5.33. The molecule has 1 N–H and O–H groups in total. The van der Waals surface area contributed by atoms with Crippen molar-refractivity contribution in [2.45, 2.75) is 6.92 Å². The highest BCUT2D eigenvalue weighted by molar-refractivity contribution is 5.96. The Kier molecular flexibility index (Phi) is 4.92. The Morgan fingerprint density at radius 3 is 2.68 bits per heavy atom. The summed E-state index contributed by atoms with van der Waals surface area (Å²) in [6, 6.07) is 2.72.